The number of carbonyl (C=O) groups is 2. The van der Waals surface area contributed by atoms with Crippen molar-refractivity contribution in [3.05, 3.63) is 0 Å². The van der Waals surface area contributed by atoms with Crippen molar-refractivity contribution < 1.29 is 32.6 Å². The number of likely N-dealkylation sites (tertiary alicyclic amines) is 2. The molecule has 1 aliphatic carbocycles. The van der Waals surface area contributed by atoms with E-state index >= 15 is 0 Å². The van der Waals surface area contributed by atoms with E-state index in [0.29, 0.717) is 17.2 Å². The average molecular weight is 408 g/mol. The van der Waals surface area contributed by atoms with Crippen LogP contribution in [-0.2, 0) is 14.3 Å². The highest BCUT2D eigenvalue weighted by Crippen LogP contribution is 2.41. The molecule has 1 N–H and O–H groups in total. The van der Waals surface area contributed by atoms with E-state index in [0.717, 1.165) is 51.5 Å². The molecule has 2 heterocycles. The van der Waals surface area contributed by atoms with E-state index in [1.54, 1.807) is 7.11 Å². The molecule has 3 rings (SSSR count). The first-order valence-electron chi connectivity index (χ1n) is 9.86. The van der Waals surface area contributed by atoms with Gasteiger partial charge in [-0.15, -0.1) is 0 Å². The molecule has 6 nitrogen and oxygen atoms in total. The van der Waals surface area contributed by atoms with E-state index in [1.165, 1.54) is 25.8 Å². The summed E-state index contributed by atoms with van der Waals surface area (Å²) in [7, 11) is 1.76. The van der Waals surface area contributed by atoms with Gasteiger partial charge in [0.15, 0.2) is 0 Å². The molecule has 0 unspecified atom stereocenters. The zero-order valence-corrected chi connectivity index (χ0v) is 16.6. The molecule has 1 saturated carbocycles. The first-order valence-corrected chi connectivity index (χ1v) is 9.86. The van der Waals surface area contributed by atoms with Crippen molar-refractivity contribution >= 4 is 11.9 Å². The summed E-state index contributed by atoms with van der Waals surface area (Å²) < 4.78 is 36.9. The molecular formula is C19H31F3N2O4. The molecule has 3 aliphatic rings. The standard InChI is InChI=1S/C17H30N2O2.C2HF3O2/c1-14-3-5-15(6-4-14)16(20)19-12-17(13-19)7-8-18(11-17)9-10-21-2;3-2(4,5)1(6)7/h14-15H,3-13H2,1-2H3;(H,6,7). The summed E-state index contributed by atoms with van der Waals surface area (Å²) >= 11 is 0. The molecule has 0 aromatic carbocycles. The van der Waals surface area contributed by atoms with E-state index < -0.39 is 12.1 Å². The number of nitrogens with zero attached hydrogens (tertiary/aromatic N) is 2. The fraction of sp³-hybridized carbons (Fsp3) is 0.895. The Hall–Kier alpha value is -1.35. The molecule has 0 aromatic rings. The maximum Gasteiger partial charge on any atom is 0.490 e. The van der Waals surface area contributed by atoms with Gasteiger partial charge in [0.25, 0.3) is 0 Å². The molecule has 28 heavy (non-hydrogen) atoms. The average Bonchev–Trinajstić information content (AvgIpc) is 3.03. The molecule has 2 saturated heterocycles. The van der Waals surface area contributed by atoms with Gasteiger partial charge in [0.1, 0.15) is 0 Å². The molecule has 0 bridgehead atoms. The normalized spacial score (nSPS) is 27.1. The summed E-state index contributed by atoms with van der Waals surface area (Å²) in [4.78, 5) is 26.1. The Morgan fingerprint density at radius 3 is 2.21 bits per heavy atom. The summed E-state index contributed by atoms with van der Waals surface area (Å²) in [5, 5.41) is 7.12. The van der Waals surface area contributed by atoms with Crippen molar-refractivity contribution in [2.24, 2.45) is 17.3 Å². The van der Waals surface area contributed by atoms with Crippen LogP contribution in [0.25, 0.3) is 0 Å². The predicted molar refractivity (Wildman–Crippen MR) is 96.8 cm³/mol. The van der Waals surface area contributed by atoms with Crippen LogP contribution in [0.5, 0.6) is 0 Å². The highest BCUT2D eigenvalue weighted by molar-refractivity contribution is 5.80. The minimum atomic E-state index is -5.08. The van der Waals surface area contributed by atoms with Crippen molar-refractivity contribution in [3.63, 3.8) is 0 Å². The molecule has 0 aromatic heterocycles. The second kappa shape index (κ2) is 9.43. The fourth-order valence-corrected chi connectivity index (χ4v) is 4.38. The number of amides is 1. The third kappa shape index (κ3) is 6.07. The molecule has 2 aliphatic heterocycles. The number of alkyl halides is 3. The Balaban J connectivity index is 0.000000345. The minimum absolute atomic E-state index is 0.324. The highest BCUT2D eigenvalue weighted by Gasteiger charge is 2.49. The van der Waals surface area contributed by atoms with E-state index in [9.17, 15) is 18.0 Å². The van der Waals surface area contributed by atoms with Crippen molar-refractivity contribution in [2.45, 2.75) is 45.2 Å². The zero-order valence-electron chi connectivity index (χ0n) is 16.6. The number of ether oxygens (including phenoxy) is 1. The Labute approximate surface area is 164 Å². The smallest absolute Gasteiger partial charge is 0.475 e. The van der Waals surface area contributed by atoms with Gasteiger partial charge in [-0.1, -0.05) is 6.92 Å². The SMILES string of the molecule is COCCN1CCC2(C1)CN(C(=O)C1CCC(C)CC1)C2.O=C(O)C(F)(F)F. The van der Waals surface area contributed by atoms with Crippen LogP contribution >= 0.6 is 0 Å². The second-order valence-electron chi connectivity index (χ2n) is 8.47. The molecule has 1 spiro atoms. The monoisotopic (exact) mass is 408 g/mol. The van der Waals surface area contributed by atoms with Gasteiger partial charge in [-0.05, 0) is 44.6 Å². The lowest BCUT2D eigenvalue weighted by Crippen LogP contribution is -2.60. The Morgan fingerprint density at radius 2 is 1.71 bits per heavy atom. The van der Waals surface area contributed by atoms with Crippen LogP contribution in [0.4, 0.5) is 13.2 Å². The number of rotatable bonds is 4. The van der Waals surface area contributed by atoms with E-state index in [2.05, 4.69) is 16.7 Å². The van der Waals surface area contributed by atoms with Crippen molar-refractivity contribution in [2.75, 3.05) is 46.4 Å². The quantitative estimate of drug-likeness (QED) is 0.775. The topological polar surface area (TPSA) is 70.1 Å². The van der Waals surface area contributed by atoms with E-state index in [1.807, 2.05) is 0 Å². The van der Waals surface area contributed by atoms with Crippen LogP contribution in [0.15, 0.2) is 0 Å². The van der Waals surface area contributed by atoms with Crippen LogP contribution in [-0.4, -0.2) is 79.4 Å². The molecule has 1 amide bonds. The van der Waals surface area contributed by atoms with Crippen molar-refractivity contribution in [1.82, 2.24) is 9.80 Å². The largest absolute Gasteiger partial charge is 0.490 e. The van der Waals surface area contributed by atoms with Crippen LogP contribution < -0.4 is 0 Å². The summed E-state index contributed by atoms with van der Waals surface area (Å²) in [6.07, 6.45) is 0.871. The van der Waals surface area contributed by atoms with Gasteiger partial charge in [-0.2, -0.15) is 13.2 Å². The van der Waals surface area contributed by atoms with Crippen molar-refractivity contribution in [3.8, 4) is 0 Å². The lowest BCUT2D eigenvalue weighted by molar-refractivity contribution is -0.192. The summed E-state index contributed by atoms with van der Waals surface area (Å²) in [5.41, 5.74) is 0.408. The first-order chi connectivity index (χ1) is 13.1. The fourth-order valence-electron chi connectivity index (χ4n) is 4.38. The van der Waals surface area contributed by atoms with Gasteiger partial charge in [0.2, 0.25) is 5.91 Å². The van der Waals surface area contributed by atoms with E-state index in [-0.39, 0.29) is 0 Å². The summed E-state index contributed by atoms with van der Waals surface area (Å²) in [6, 6.07) is 0. The lowest BCUT2D eigenvalue weighted by atomic mass is 9.76. The summed E-state index contributed by atoms with van der Waals surface area (Å²) in [5.74, 6) is -1.17. The number of hydrogen-bond acceptors (Lipinski definition) is 4. The Bertz CT molecular complexity index is 542. The van der Waals surface area contributed by atoms with Gasteiger partial charge >= 0.3 is 12.1 Å². The van der Waals surface area contributed by atoms with Crippen LogP contribution in [0, 0.1) is 17.3 Å². The second-order valence-corrected chi connectivity index (χ2v) is 8.47. The number of halogens is 3. The maximum absolute atomic E-state index is 12.6. The summed E-state index contributed by atoms with van der Waals surface area (Å²) in [6.45, 7) is 8.50. The molecule has 162 valence electrons. The number of hydrogen-bond donors (Lipinski definition) is 1. The number of aliphatic carboxylic acids is 1. The third-order valence-corrected chi connectivity index (χ3v) is 6.10. The lowest BCUT2D eigenvalue weighted by Gasteiger charge is -2.49. The minimum Gasteiger partial charge on any atom is -0.475 e. The van der Waals surface area contributed by atoms with Gasteiger partial charge in [-0.3, -0.25) is 4.79 Å². The maximum atomic E-state index is 12.6. The number of methoxy groups -OCH3 is 1. The Morgan fingerprint density at radius 1 is 1.14 bits per heavy atom. The third-order valence-electron chi connectivity index (χ3n) is 6.10. The van der Waals surface area contributed by atoms with Crippen LogP contribution in [0.1, 0.15) is 39.0 Å². The molecule has 3 fully saturated rings. The van der Waals surface area contributed by atoms with Crippen molar-refractivity contribution in [1.29, 1.82) is 0 Å². The molecule has 0 radical (unpaired) electrons. The van der Waals surface area contributed by atoms with Gasteiger partial charge < -0.3 is 19.6 Å². The molecule has 9 heteroatoms. The molecular weight excluding hydrogens is 377 g/mol. The number of carbonyl (C=O) groups excluding carboxylic acids is 1. The van der Waals surface area contributed by atoms with Crippen LogP contribution in [0.3, 0.4) is 0 Å². The van der Waals surface area contributed by atoms with Gasteiger partial charge in [-0.25, -0.2) is 4.79 Å². The number of carboxylic acid groups (broad SMARTS) is 1. The zero-order chi connectivity index (χ0) is 20.9. The highest BCUT2D eigenvalue weighted by atomic mass is 19.4. The Kier molecular flexibility index (Phi) is 7.73. The van der Waals surface area contributed by atoms with Gasteiger partial charge in [0, 0.05) is 44.6 Å². The first kappa shape index (κ1) is 22.9. The predicted octanol–water partition coefficient (Wildman–Crippen LogP) is 2.63. The number of carboxylic acids is 1. The molecule has 0 atom stereocenters. The van der Waals surface area contributed by atoms with E-state index in [4.69, 9.17) is 14.6 Å². The van der Waals surface area contributed by atoms with Crippen LogP contribution in [0.2, 0.25) is 0 Å². The van der Waals surface area contributed by atoms with Gasteiger partial charge in [0.05, 0.1) is 6.61 Å².